The van der Waals surface area contributed by atoms with Crippen LogP contribution < -0.4 is 10.2 Å². The van der Waals surface area contributed by atoms with E-state index in [1.54, 1.807) is 0 Å². The van der Waals surface area contributed by atoms with Gasteiger partial charge >= 0.3 is 0 Å². The number of nitrogens with one attached hydrogen (secondary N) is 2. The van der Waals surface area contributed by atoms with Gasteiger partial charge in [-0.2, -0.15) is 4.98 Å². The molecule has 5 nitrogen and oxygen atoms in total. The van der Waals surface area contributed by atoms with E-state index in [-0.39, 0.29) is 0 Å². The molecule has 3 heterocycles. The summed E-state index contributed by atoms with van der Waals surface area (Å²) < 4.78 is 0. The third-order valence-electron chi connectivity index (χ3n) is 4.17. The summed E-state index contributed by atoms with van der Waals surface area (Å²) in [6, 6.07) is 9.09. The number of thioether (sulfide) groups is 1. The van der Waals surface area contributed by atoms with Gasteiger partial charge in [0.15, 0.2) is 0 Å². The number of H-pyrrole nitrogens is 1. The summed E-state index contributed by atoms with van der Waals surface area (Å²) in [5.74, 6) is 3.22. The predicted octanol–water partition coefficient (Wildman–Crippen LogP) is 1.84. The number of anilines is 1. The molecule has 2 aliphatic heterocycles. The van der Waals surface area contributed by atoms with E-state index in [4.69, 9.17) is 4.98 Å². The van der Waals surface area contributed by atoms with Crippen LogP contribution in [0.5, 0.6) is 0 Å². The monoisotopic (exact) mass is 301 g/mol. The molecule has 0 amide bonds. The number of nitrogens with zero attached hydrogens (tertiary/aromatic N) is 3. The van der Waals surface area contributed by atoms with Crippen LogP contribution in [0.15, 0.2) is 29.2 Å². The van der Waals surface area contributed by atoms with Gasteiger partial charge < -0.3 is 10.2 Å². The van der Waals surface area contributed by atoms with Crippen molar-refractivity contribution in [1.29, 1.82) is 0 Å². The van der Waals surface area contributed by atoms with Crippen LogP contribution in [0.1, 0.15) is 24.2 Å². The van der Waals surface area contributed by atoms with Gasteiger partial charge in [0.1, 0.15) is 5.82 Å². The first kappa shape index (κ1) is 13.2. The van der Waals surface area contributed by atoms with E-state index >= 15 is 0 Å². The normalized spacial score (nSPS) is 25.1. The molecule has 1 saturated heterocycles. The standard InChI is InChI=1S/C15H19N5S/c1-10-8-20(7-6-16-10)15-17-14(18-19-15)12-9-21-13-5-3-2-4-11(12)13/h2-5,10,12,16H,6-9H2,1H3,(H,17,18,19)/t10-,12?/m1/s1. The Morgan fingerprint density at radius 2 is 2.24 bits per heavy atom. The second-order valence-corrected chi connectivity index (χ2v) is 6.79. The van der Waals surface area contributed by atoms with Gasteiger partial charge in [-0.1, -0.05) is 18.2 Å². The quantitative estimate of drug-likeness (QED) is 0.886. The van der Waals surface area contributed by atoms with Crippen molar-refractivity contribution in [2.45, 2.75) is 23.8 Å². The summed E-state index contributed by atoms with van der Waals surface area (Å²) in [4.78, 5) is 8.40. The molecule has 2 aliphatic rings. The smallest absolute Gasteiger partial charge is 0.244 e. The maximum absolute atomic E-state index is 4.77. The lowest BCUT2D eigenvalue weighted by atomic mass is 10.0. The molecule has 1 unspecified atom stereocenters. The summed E-state index contributed by atoms with van der Waals surface area (Å²) in [6.07, 6.45) is 0. The maximum atomic E-state index is 4.77. The molecular weight excluding hydrogens is 282 g/mol. The highest BCUT2D eigenvalue weighted by Crippen LogP contribution is 2.41. The Morgan fingerprint density at radius 3 is 3.14 bits per heavy atom. The number of fused-ring (bicyclic) bond motifs is 1. The lowest BCUT2D eigenvalue weighted by Gasteiger charge is -2.30. The molecule has 0 aliphatic carbocycles. The fourth-order valence-electron chi connectivity index (χ4n) is 3.07. The topological polar surface area (TPSA) is 56.8 Å². The number of aromatic amines is 1. The Labute approximate surface area is 128 Å². The Hall–Kier alpha value is -1.53. The average Bonchev–Trinajstić information content (AvgIpc) is 3.14. The van der Waals surface area contributed by atoms with Crippen LogP contribution in [0.2, 0.25) is 0 Å². The molecule has 1 fully saturated rings. The number of rotatable bonds is 2. The first-order valence-corrected chi connectivity index (χ1v) is 8.42. The van der Waals surface area contributed by atoms with Crippen molar-refractivity contribution < 1.29 is 0 Å². The van der Waals surface area contributed by atoms with Gasteiger partial charge in [-0.05, 0) is 18.6 Å². The Balaban J connectivity index is 1.58. The molecule has 2 N–H and O–H groups in total. The molecule has 21 heavy (non-hydrogen) atoms. The zero-order valence-electron chi connectivity index (χ0n) is 12.0. The Morgan fingerprint density at radius 1 is 1.33 bits per heavy atom. The van der Waals surface area contributed by atoms with Gasteiger partial charge in [0.05, 0.1) is 5.92 Å². The second kappa shape index (κ2) is 5.35. The average molecular weight is 301 g/mol. The number of piperazine rings is 1. The largest absolute Gasteiger partial charge is 0.337 e. The second-order valence-electron chi connectivity index (χ2n) is 5.72. The lowest BCUT2D eigenvalue weighted by Crippen LogP contribution is -2.49. The van der Waals surface area contributed by atoms with Crippen molar-refractivity contribution in [3.63, 3.8) is 0 Å². The molecule has 110 valence electrons. The zero-order valence-corrected chi connectivity index (χ0v) is 12.9. The summed E-state index contributed by atoms with van der Waals surface area (Å²) in [7, 11) is 0. The summed E-state index contributed by atoms with van der Waals surface area (Å²) >= 11 is 1.90. The molecule has 2 aromatic rings. The molecule has 0 spiro atoms. The third-order valence-corrected chi connectivity index (χ3v) is 5.36. The van der Waals surface area contributed by atoms with Crippen LogP contribution in [-0.4, -0.2) is 46.6 Å². The number of aromatic nitrogens is 3. The van der Waals surface area contributed by atoms with Gasteiger partial charge in [-0.25, -0.2) is 0 Å². The number of benzene rings is 1. The molecule has 0 bridgehead atoms. The van der Waals surface area contributed by atoms with Crippen LogP contribution in [0.25, 0.3) is 0 Å². The molecule has 0 radical (unpaired) electrons. The Kier molecular flexibility index (Phi) is 3.35. The maximum Gasteiger partial charge on any atom is 0.244 e. The lowest BCUT2D eigenvalue weighted by molar-refractivity contribution is 0.479. The van der Waals surface area contributed by atoms with Gasteiger partial charge in [-0.3, -0.25) is 5.10 Å². The molecule has 1 aromatic carbocycles. The van der Waals surface area contributed by atoms with E-state index < -0.39 is 0 Å². The summed E-state index contributed by atoms with van der Waals surface area (Å²) in [6.45, 7) is 5.13. The SMILES string of the molecule is C[C@@H]1CN(c2n[nH]c(C3CSc4ccccc43)n2)CCN1. The van der Waals surface area contributed by atoms with Gasteiger partial charge in [0.2, 0.25) is 5.95 Å². The fraction of sp³-hybridized carbons (Fsp3) is 0.467. The zero-order chi connectivity index (χ0) is 14.2. The molecule has 2 atom stereocenters. The van der Waals surface area contributed by atoms with E-state index in [1.165, 1.54) is 10.5 Å². The van der Waals surface area contributed by atoms with E-state index in [1.807, 2.05) is 11.8 Å². The summed E-state index contributed by atoms with van der Waals surface area (Å²) in [5, 5.41) is 11.1. The predicted molar refractivity (Wildman–Crippen MR) is 85.1 cm³/mol. The highest BCUT2D eigenvalue weighted by molar-refractivity contribution is 7.99. The number of hydrogen-bond donors (Lipinski definition) is 2. The van der Waals surface area contributed by atoms with Crippen LogP contribution in [0, 0.1) is 0 Å². The van der Waals surface area contributed by atoms with Crippen LogP contribution in [0.3, 0.4) is 0 Å². The van der Waals surface area contributed by atoms with Crippen LogP contribution in [-0.2, 0) is 0 Å². The van der Waals surface area contributed by atoms with E-state index in [9.17, 15) is 0 Å². The van der Waals surface area contributed by atoms with E-state index in [0.717, 1.165) is 37.2 Å². The van der Waals surface area contributed by atoms with Crippen molar-refractivity contribution in [3.8, 4) is 0 Å². The van der Waals surface area contributed by atoms with Crippen molar-refractivity contribution in [2.24, 2.45) is 0 Å². The van der Waals surface area contributed by atoms with Crippen molar-refractivity contribution in [3.05, 3.63) is 35.7 Å². The minimum Gasteiger partial charge on any atom is -0.337 e. The molecular formula is C15H19N5S. The van der Waals surface area contributed by atoms with Gasteiger partial charge in [0.25, 0.3) is 0 Å². The van der Waals surface area contributed by atoms with Gasteiger partial charge in [0, 0.05) is 36.3 Å². The van der Waals surface area contributed by atoms with Crippen LogP contribution in [0.4, 0.5) is 5.95 Å². The summed E-state index contributed by atoms with van der Waals surface area (Å²) in [5.41, 5.74) is 1.37. The third kappa shape index (κ3) is 2.42. The molecule has 1 aromatic heterocycles. The molecule has 4 rings (SSSR count). The highest BCUT2D eigenvalue weighted by atomic mass is 32.2. The molecule has 0 saturated carbocycles. The van der Waals surface area contributed by atoms with Crippen molar-refractivity contribution in [2.75, 3.05) is 30.3 Å². The Bertz CT molecular complexity index is 640. The highest BCUT2D eigenvalue weighted by Gasteiger charge is 2.28. The first-order chi connectivity index (χ1) is 10.3. The minimum absolute atomic E-state index is 0.341. The fourth-order valence-corrected chi connectivity index (χ4v) is 4.30. The van der Waals surface area contributed by atoms with Crippen molar-refractivity contribution >= 4 is 17.7 Å². The van der Waals surface area contributed by atoms with Crippen LogP contribution >= 0.6 is 11.8 Å². The molecule has 6 heteroatoms. The van der Waals surface area contributed by atoms with Gasteiger partial charge in [-0.15, -0.1) is 16.9 Å². The number of hydrogen-bond acceptors (Lipinski definition) is 5. The van der Waals surface area contributed by atoms with Crippen molar-refractivity contribution in [1.82, 2.24) is 20.5 Å². The minimum atomic E-state index is 0.341. The van der Waals surface area contributed by atoms with E-state index in [2.05, 4.69) is 51.6 Å². The van der Waals surface area contributed by atoms with E-state index in [0.29, 0.717) is 12.0 Å². The first-order valence-electron chi connectivity index (χ1n) is 7.43.